The van der Waals surface area contributed by atoms with E-state index in [-0.39, 0.29) is 39.5 Å². The maximum Gasteiger partial charge on any atom is 0.419 e. The normalized spacial score (nSPS) is 19.0. The van der Waals surface area contributed by atoms with Gasteiger partial charge in [-0.1, -0.05) is 6.07 Å². The third kappa shape index (κ3) is 3.78. The number of carbonyl (C=O) groups is 1. The maximum absolute atomic E-state index is 13.9. The van der Waals surface area contributed by atoms with Gasteiger partial charge in [-0.2, -0.15) is 18.4 Å². The lowest BCUT2D eigenvalue weighted by atomic mass is 9.59. The fourth-order valence-electron chi connectivity index (χ4n) is 5.20. The minimum atomic E-state index is -4.73. The molecular formula is C23H22F3N6O3P. The van der Waals surface area contributed by atoms with Crippen LogP contribution in [0.3, 0.4) is 0 Å². The number of nitrogens with zero attached hydrogens (tertiary/aromatic N) is 4. The molecule has 2 aromatic heterocycles. The Hall–Kier alpha value is -3.58. The number of nitriles is 1. The van der Waals surface area contributed by atoms with E-state index in [0.29, 0.717) is 24.0 Å². The molecule has 2 aliphatic rings. The number of alkyl halides is 3. The molecule has 9 nitrogen and oxygen atoms in total. The van der Waals surface area contributed by atoms with Crippen LogP contribution in [0.2, 0.25) is 0 Å². The summed E-state index contributed by atoms with van der Waals surface area (Å²) in [7, 11) is -2.96. The number of halogens is 3. The van der Waals surface area contributed by atoms with Crippen LogP contribution in [0.15, 0.2) is 24.5 Å². The summed E-state index contributed by atoms with van der Waals surface area (Å²) >= 11 is 0. The zero-order valence-corrected chi connectivity index (χ0v) is 20.2. The topological polar surface area (TPSA) is 135 Å². The number of amides is 1. The van der Waals surface area contributed by atoms with E-state index in [4.69, 9.17) is 5.11 Å². The van der Waals surface area contributed by atoms with Crippen LogP contribution in [-0.4, -0.2) is 63.5 Å². The number of rotatable bonds is 4. The Kier molecular flexibility index (Phi) is 5.34. The summed E-state index contributed by atoms with van der Waals surface area (Å²) in [6, 6.07) is 4.81. The highest BCUT2D eigenvalue weighted by atomic mass is 31.2. The summed E-state index contributed by atoms with van der Waals surface area (Å²) in [6.07, 6.45) is -2.10. The molecule has 36 heavy (non-hydrogen) atoms. The molecule has 1 aliphatic carbocycles. The molecule has 3 N–H and O–H groups in total. The fraction of sp³-hybridized carbons (Fsp3) is 0.391. The highest BCUT2D eigenvalue weighted by Crippen LogP contribution is 2.50. The first-order chi connectivity index (χ1) is 16.8. The van der Waals surface area contributed by atoms with Gasteiger partial charge in [-0.05, 0) is 32.2 Å². The lowest BCUT2D eigenvalue weighted by molar-refractivity contribution is -0.137. The van der Waals surface area contributed by atoms with Gasteiger partial charge < -0.3 is 24.9 Å². The van der Waals surface area contributed by atoms with Crippen molar-refractivity contribution >= 4 is 35.4 Å². The fourth-order valence-corrected chi connectivity index (χ4v) is 6.63. The van der Waals surface area contributed by atoms with Crippen LogP contribution in [0.1, 0.15) is 24.0 Å². The quantitative estimate of drug-likeness (QED) is 0.438. The second kappa shape index (κ2) is 7.96. The van der Waals surface area contributed by atoms with E-state index < -0.39 is 25.0 Å². The average molecular weight is 518 g/mol. The molecule has 3 heterocycles. The smallest absolute Gasteiger partial charge is 0.419 e. The standard InChI is InChI=1S/C23H22F3N6O3P/c1-36(2,35)19-12(7-27)3-4-13-14(8-28-18(13)19)17-15(23(24,25)26)9-29-20(31-17)30-16-5-6-22(16)10-32(11-22)21(33)34/h3-4,8-9,16,28H,5-6,10-11H2,1-2H3,(H,33,34)(H,29,30,31)/t16-/m1/s1. The lowest BCUT2D eigenvalue weighted by Gasteiger charge is -2.59. The van der Waals surface area contributed by atoms with Gasteiger partial charge in [0, 0.05) is 47.9 Å². The Bertz CT molecular complexity index is 1480. The van der Waals surface area contributed by atoms with E-state index in [1.165, 1.54) is 36.6 Å². The molecule has 1 amide bonds. The molecule has 5 rings (SSSR count). The first-order valence-corrected chi connectivity index (χ1v) is 13.7. The maximum atomic E-state index is 13.9. The number of carboxylic acid groups (broad SMARTS) is 1. The molecule has 3 aromatic rings. The summed E-state index contributed by atoms with van der Waals surface area (Å²) in [6.45, 7) is 3.71. The minimum absolute atomic E-state index is 0.00993. The van der Waals surface area contributed by atoms with Crippen molar-refractivity contribution in [2.45, 2.75) is 25.1 Å². The van der Waals surface area contributed by atoms with Gasteiger partial charge >= 0.3 is 12.3 Å². The molecule has 1 saturated carbocycles. The largest absolute Gasteiger partial charge is 0.465 e. The van der Waals surface area contributed by atoms with Gasteiger partial charge in [0.25, 0.3) is 0 Å². The van der Waals surface area contributed by atoms with Gasteiger partial charge in [-0.15, -0.1) is 0 Å². The zero-order chi connectivity index (χ0) is 26.0. The number of likely N-dealkylation sites (tertiary alicyclic amines) is 1. The van der Waals surface area contributed by atoms with Crippen molar-refractivity contribution in [3.63, 3.8) is 0 Å². The lowest BCUT2D eigenvalue weighted by Crippen LogP contribution is -2.69. The molecule has 188 valence electrons. The predicted octanol–water partition coefficient (Wildman–Crippen LogP) is 4.32. The van der Waals surface area contributed by atoms with Gasteiger partial charge in [-0.3, -0.25) is 0 Å². The molecule has 1 aromatic carbocycles. The average Bonchev–Trinajstić information content (AvgIpc) is 3.17. The molecule has 1 saturated heterocycles. The van der Waals surface area contributed by atoms with Crippen LogP contribution in [0, 0.1) is 16.7 Å². The first kappa shape index (κ1) is 24.1. The summed E-state index contributed by atoms with van der Waals surface area (Å²) in [5.41, 5.74) is -0.974. The monoisotopic (exact) mass is 518 g/mol. The van der Waals surface area contributed by atoms with E-state index in [1.54, 1.807) is 0 Å². The molecule has 0 unspecified atom stereocenters. The van der Waals surface area contributed by atoms with Crippen molar-refractivity contribution in [1.82, 2.24) is 19.9 Å². The highest BCUT2D eigenvalue weighted by Gasteiger charge is 2.56. The number of H-pyrrole nitrogens is 1. The molecular weight excluding hydrogens is 496 g/mol. The molecule has 0 radical (unpaired) electrons. The molecule has 1 atom stereocenters. The van der Waals surface area contributed by atoms with Crippen molar-refractivity contribution in [1.29, 1.82) is 5.26 Å². The number of anilines is 1. The summed E-state index contributed by atoms with van der Waals surface area (Å²) in [5.74, 6) is 0.00993. The van der Waals surface area contributed by atoms with Crippen LogP contribution in [0.4, 0.5) is 23.9 Å². The zero-order valence-electron chi connectivity index (χ0n) is 19.3. The highest BCUT2D eigenvalue weighted by molar-refractivity contribution is 7.70. The van der Waals surface area contributed by atoms with Gasteiger partial charge in [-0.25, -0.2) is 14.8 Å². The number of fused-ring (bicyclic) bond motifs is 1. The van der Waals surface area contributed by atoms with Gasteiger partial charge in [0.1, 0.15) is 12.7 Å². The molecule has 1 spiro atoms. The van der Waals surface area contributed by atoms with E-state index in [2.05, 4.69) is 20.3 Å². The minimum Gasteiger partial charge on any atom is -0.465 e. The molecule has 13 heteroatoms. The van der Waals surface area contributed by atoms with Crippen molar-refractivity contribution < 1.29 is 27.6 Å². The van der Waals surface area contributed by atoms with Crippen LogP contribution in [-0.2, 0) is 10.7 Å². The van der Waals surface area contributed by atoms with E-state index in [0.717, 1.165) is 19.0 Å². The van der Waals surface area contributed by atoms with Gasteiger partial charge in [0.15, 0.2) is 0 Å². The number of aromatic amines is 1. The van der Waals surface area contributed by atoms with E-state index in [9.17, 15) is 27.8 Å². The Morgan fingerprint density at radius 1 is 1.36 bits per heavy atom. The second-order valence-electron chi connectivity index (χ2n) is 9.74. The van der Waals surface area contributed by atoms with Crippen LogP contribution in [0.25, 0.3) is 22.2 Å². The predicted molar refractivity (Wildman–Crippen MR) is 127 cm³/mol. The van der Waals surface area contributed by atoms with Crippen LogP contribution >= 0.6 is 7.14 Å². The van der Waals surface area contributed by atoms with Crippen LogP contribution in [0.5, 0.6) is 0 Å². The number of hydrogen-bond donors (Lipinski definition) is 3. The van der Waals surface area contributed by atoms with Crippen molar-refractivity contribution in [3.05, 3.63) is 35.7 Å². The molecule has 0 bridgehead atoms. The number of aromatic nitrogens is 3. The number of nitrogens with one attached hydrogen (secondary N) is 2. The SMILES string of the molecule is CP(C)(=O)c1c(C#N)ccc2c(-c3nc(N[C@@H]4CCC45CN(C(=O)O)C5)ncc3C(F)(F)F)c[nH]c12. The first-order valence-electron chi connectivity index (χ1n) is 11.1. The van der Waals surface area contributed by atoms with Gasteiger partial charge in [0.05, 0.1) is 28.1 Å². The Balaban J connectivity index is 1.57. The Labute approximate surface area is 203 Å². The van der Waals surface area contributed by atoms with Crippen molar-refractivity contribution in [2.75, 3.05) is 31.7 Å². The summed E-state index contributed by atoms with van der Waals surface area (Å²) in [4.78, 5) is 23.5. The summed E-state index contributed by atoms with van der Waals surface area (Å²) < 4.78 is 54.8. The number of hydrogen-bond acceptors (Lipinski definition) is 6. The third-order valence-corrected chi connectivity index (χ3v) is 8.63. The van der Waals surface area contributed by atoms with E-state index in [1.807, 2.05) is 6.07 Å². The number of benzene rings is 1. The summed E-state index contributed by atoms with van der Waals surface area (Å²) in [5, 5.41) is 22.4. The molecule has 2 fully saturated rings. The second-order valence-corrected chi connectivity index (χ2v) is 12.9. The van der Waals surface area contributed by atoms with Gasteiger partial charge in [0.2, 0.25) is 5.95 Å². The Morgan fingerprint density at radius 3 is 2.64 bits per heavy atom. The molecule has 1 aliphatic heterocycles. The van der Waals surface area contributed by atoms with E-state index >= 15 is 0 Å². The third-order valence-electron chi connectivity index (χ3n) is 7.09. The van der Waals surface area contributed by atoms with Crippen LogP contribution < -0.4 is 10.6 Å². The van der Waals surface area contributed by atoms with Crippen molar-refractivity contribution in [3.8, 4) is 17.3 Å². The Morgan fingerprint density at radius 2 is 2.08 bits per heavy atom. The van der Waals surface area contributed by atoms with Crippen molar-refractivity contribution in [2.24, 2.45) is 5.41 Å².